The first-order valence-electron chi connectivity index (χ1n) is 11.8. The quantitative estimate of drug-likeness (QED) is 0.553. The smallest absolute Gasteiger partial charge is 0.226 e. The molecule has 1 fully saturated rings. The zero-order valence-electron chi connectivity index (χ0n) is 20.2. The van der Waals surface area contributed by atoms with Crippen LogP contribution >= 0.6 is 0 Å². The van der Waals surface area contributed by atoms with Gasteiger partial charge in [-0.25, -0.2) is 0 Å². The maximum Gasteiger partial charge on any atom is 0.226 e. The number of nitrogens with one attached hydrogen (secondary N) is 1. The van der Waals surface area contributed by atoms with Crippen molar-refractivity contribution in [1.29, 1.82) is 0 Å². The van der Waals surface area contributed by atoms with E-state index in [-0.39, 0.29) is 23.8 Å². The first kappa shape index (κ1) is 25.2. The summed E-state index contributed by atoms with van der Waals surface area (Å²) in [6.45, 7) is 10.1. The molecule has 31 heavy (non-hydrogen) atoms. The van der Waals surface area contributed by atoms with Gasteiger partial charge in [-0.15, -0.1) is 0 Å². The maximum absolute atomic E-state index is 13.3. The average molecular weight is 432 g/mol. The Morgan fingerprint density at radius 3 is 2.45 bits per heavy atom. The Labute approximate surface area is 188 Å². The summed E-state index contributed by atoms with van der Waals surface area (Å²) in [7, 11) is 4.01. The van der Waals surface area contributed by atoms with E-state index in [4.69, 9.17) is 4.74 Å². The maximum atomic E-state index is 13.3. The fourth-order valence-electron chi connectivity index (χ4n) is 4.18. The molecule has 1 aromatic carbocycles. The van der Waals surface area contributed by atoms with E-state index in [0.29, 0.717) is 25.4 Å². The molecule has 2 rings (SSSR count). The minimum absolute atomic E-state index is 0.0165. The van der Waals surface area contributed by atoms with Crippen molar-refractivity contribution in [2.45, 2.75) is 72.4 Å². The van der Waals surface area contributed by atoms with E-state index >= 15 is 0 Å². The van der Waals surface area contributed by atoms with Crippen LogP contribution in [-0.2, 0) is 20.9 Å². The Bertz CT molecular complexity index is 723. The lowest BCUT2D eigenvalue weighted by molar-refractivity contribution is -0.138. The molecule has 0 radical (unpaired) electrons. The molecule has 6 heteroatoms. The molecule has 0 aromatic heterocycles. The van der Waals surface area contributed by atoms with Gasteiger partial charge in [-0.1, -0.05) is 27.7 Å². The van der Waals surface area contributed by atoms with Gasteiger partial charge in [0.2, 0.25) is 11.8 Å². The number of hydrogen-bond acceptors (Lipinski definition) is 4. The Hall–Kier alpha value is -2.08. The largest absolute Gasteiger partial charge is 0.377 e. The van der Waals surface area contributed by atoms with E-state index in [0.717, 1.165) is 49.2 Å². The molecule has 0 spiro atoms. The van der Waals surface area contributed by atoms with E-state index in [1.807, 2.05) is 51.0 Å². The van der Waals surface area contributed by atoms with Crippen LogP contribution in [0.4, 0.5) is 11.4 Å². The molecule has 1 heterocycles. The number of carbonyl (C=O) groups excluding carboxylic acids is 2. The highest BCUT2D eigenvalue weighted by molar-refractivity contribution is 5.91. The highest BCUT2D eigenvalue weighted by Gasteiger charge is 2.27. The van der Waals surface area contributed by atoms with Crippen molar-refractivity contribution in [2.75, 3.05) is 37.5 Å². The molecule has 1 saturated heterocycles. The van der Waals surface area contributed by atoms with Crippen LogP contribution in [-0.4, -0.2) is 50.1 Å². The SMILES string of the molecule is CCC(CC)C(=O)N(Cc1cc(NC(=O)CC(C)C)ccc1N(C)C)CC1CCCO1. The lowest BCUT2D eigenvalue weighted by Gasteiger charge is -2.30. The second-order valence-corrected chi connectivity index (χ2v) is 9.25. The zero-order valence-corrected chi connectivity index (χ0v) is 20.2. The minimum atomic E-state index is 0.0165. The first-order valence-corrected chi connectivity index (χ1v) is 11.8. The third-order valence-corrected chi connectivity index (χ3v) is 5.89. The van der Waals surface area contributed by atoms with E-state index in [1.54, 1.807) is 0 Å². The molecule has 1 unspecified atom stereocenters. The summed E-state index contributed by atoms with van der Waals surface area (Å²) in [4.78, 5) is 29.7. The summed E-state index contributed by atoms with van der Waals surface area (Å²) in [6.07, 6.45) is 4.32. The summed E-state index contributed by atoms with van der Waals surface area (Å²) < 4.78 is 5.85. The van der Waals surface area contributed by atoms with Gasteiger partial charge in [0.05, 0.1) is 6.10 Å². The van der Waals surface area contributed by atoms with Crippen molar-refractivity contribution < 1.29 is 14.3 Å². The third kappa shape index (κ3) is 7.53. The summed E-state index contributed by atoms with van der Waals surface area (Å²) in [5.74, 6) is 0.542. The molecular weight excluding hydrogens is 390 g/mol. The summed E-state index contributed by atoms with van der Waals surface area (Å²) in [5, 5.41) is 3.01. The molecule has 1 aromatic rings. The molecule has 1 aliphatic heterocycles. The normalized spacial score (nSPS) is 16.1. The number of carbonyl (C=O) groups is 2. The topological polar surface area (TPSA) is 61.9 Å². The number of benzene rings is 1. The molecule has 0 saturated carbocycles. The Balaban J connectivity index is 2.29. The summed E-state index contributed by atoms with van der Waals surface area (Å²) in [5.41, 5.74) is 2.86. The second-order valence-electron chi connectivity index (χ2n) is 9.25. The van der Waals surface area contributed by atoms with Crippen molar-refractivity contribution in [3.8, 4) is 0 Å². The number of amides is 2. The molecule has 1 aliphatic rings. The van der Waals surface area contributed by atoms with Crippen LogP contribution < -0.4 is 10.2 Å². The lowest BCUT2D eigenvalue weighted by atomic mass is 10.0. The van der Waals surface area contributed by atoms with Crippen LogP contribution in [0.15, 0.2) is 18.2 Å². The van der Waals surface area contributed by atoms with Gasteiger partial charge in [0.25, 0.3) is 0 Å². The van der Waals surface area contributed by atoms with Crippen molar-refractivity contribution in [1.82, 2.24) is 4.90 Å². The Morgan fingerprint density at radius 2 is 1.90 bits per heavy atom. The zero-order chi connectivity index (χ0) is 23.0. The van der Waals surface area contributed by atoms with Crippen LogP contribution in [0.25, 0.3) is 0 Å². The predicted octanol–water partition coefficient (Wildman–Crippen LogP) is 4.68. The van der Waals surface area contributed by atoms with Gasteiger partial charge in [-0.3, -0.25) is 9.59 Å². The molecule has 0 aliphatic carbocycles. The Morgan fingerprint density at radius 1 is 1.19 bits per heavy atom. The molecule has 6 nitrogen and oxygen atoms in total. The number of nitrogens with zero attached hydrogens (tertiary/aromatic N) is 2. The number of ether oxygens (including phenoxy) is 1. The highest BCUT2D eigenvalue weighted by atomic mass is 16.5. The van der Waals surface area contributed by atoms with E-state index in [9.17, 15) is 9.59 Å². The summed E-state index contributed by atoms with van der Waals surface area (Å²) in [6, 6.07) is 5.96. The van der Waals surface area contributed by atoms with E-state index < -0.39 is 0 Å². The average Bonchev–Trinajstić information content (AvgIpc) is 3.20. The van der Waals surface area contributed by atoms with Crippen LogP contribution in [0.1, 0.15) is 65.4 Å². The van der Waals surface area contributed by atoms with Crippen LogP contribution in [0.2, 0.25) is 0 Å². The van der Waals surface area contributed by atoms with Gasteiger partial charge in [-0.05, 0) is 55.4 Å². The number of hydrogen-bond donors (Lipinski definition) is 1. The van der Waals surface area contributed by atoms with Gasteiger partial charge >= 0.3 is 0 Å². The van der Waals surface area contributed by atoms with Gasteiger partial charge in [-0.2, -0.15) is 0 Å². The minimum Gasteiger partial charge on any atom is -0.377 e. The van der Waals surface area contributed by atoms with Crippen molar-refractivity contribution in [3.05, 3.63) is 23.8 Å². The van der Waals surface area contributed by atoms with Crippen LogP contribution in [0, 0.1) is 11.8 Å². The molecule has 1 atom stereocenters. The first-order chi connectivity index (χ1) is 14.7. The monoisotopic (exact) mass is 431 g/mol. The third-order valence-electron chi connectivity index (χ3n) is 5.89. The fraction of sp³-hybridized carbons (Fsp3) is 0.680. The van der Waals surface area contributed by atoms with Crippen molar-refractivity contribution >= 4 is 23.2 Å². The van der Waals surface area contributed by atoms with Crippen LogP contribution in [0.3, 0.4) is 0 Å². The second kappa shape index (κ2) is 12.1. The predicted molar refractivity (Wildman–Crippen MR) is 127 cm³/mol. The standard InChI is InChI=1S/C25H41N3O3/c1-7-19(8-2)25(30)28(17-22-10-9-13-31-22)16-20-15-21(11-12-23(20)27(5)6)26-24(29)14-18(3)4/h11-12,15,18-19,22H,7-10,13-14,16-17H2,1-6H3,(H,26,29). The molecule has 2 amide bonds. The van der Waals surface area contributed by atoms with Gasteiger partial charge in [0.15, 0.2) is 0 Å². The van der Waals surface area contributed by atoms with Gasteiger partial charge in [0.1, 0.15) is 0 Å². The number of rotatable bonds is 11. The Kier molecular flexibility index (Phi) is 9.82. The van der Waals surface area contributed by atoms with Gasteiger partial charge < -0.3 is 19.9 Å². The molecule has 174 valence electrons. The van der Waals surface area contributed by atoms with E-state index in [1.165, 1.54) is 0 Å². The van der Waals surface area contributed by atoms with Crippen molar-refractivity contribution in [2.24, 2.45) is 11.8 Å². The highest BCUT2D eigenvalue weighted by Crippen LogP contribution is 2.27. The molecular formula is C25H41N3O3. The number of anilines is 2. The molecule has 0 bridgehead atoms. The lowest BCUT2D eigenvalue weighted by Crippen LogP contribution is -2.40. The van der Waals surface area contributed by atoms with Crippen molar-refractivity contribution in [3.63, 3.8) is 0 Å². The van der Waals surface area contributed by atoms with Crippen LogP contribution in [0.5, 0.6) is 0 Å². The summed E-state index contributed by atoms with van der Waals surface area (Å²) >= 11 is 0. The van der Waals surface area contributed by atoms with Gasteiger partial charge in [0, 0.05) is 57.5 Å². The fourth-order valence-corrected chi connectivity index (χ4v) is 4.18. The van der Waals surface area contributed by atoms with E-state index in [2.05, 4.69) is 24.1 Å². The molecule has 1 N–H and O–H groups in total.